The van der Waals surface area contributed by atoms with Crippen molar-refractivity contribution in [3.63, 3.8) is 0 Å². The second-order valence-electron chi connectivity index (χ2n) is 11.9. The van der Waals surface area contributed by atoms with E-state index in [0.29, 0.717) is 0 Å². The van der Waals surface area contributed by atoms with E-state index >= 15 is 0 Å². The van der Waals surface area contributed by atoms with Crippen molar-refractivity contribution in [2.24, 2.45) is 0 Å². The highest BCUT2D eigenvalue weighted by molar-refractivity contribution is 5.29. The molecule has 0 nitrogen and oxygen atoms in total. The third kappa shape index (κ3) is 15.5. The molecule has 0 bridgehead atoms. The van der Waals surface area contributed by atoms with Gasteiger partial charge >= 0.3 is 0 Å². The number of benzene rings is 2. The zero-order valence-corrected chi connectivity index (χ0v) is 24.6. The fourth-order valence-corrected chi connectivity index (χ4v) is 5.91. The lowest BCUT2D eigenvalue weighted by Crippen LogP contribution is -1.89. The van der Waals surface area contributed by atoms with Gasteiger partial charge in [-0.2, -0.15) is 0 Å². The molecule has 0 fully saturated rings. The minimum atomic E-state index is 1.26. The van der Waals surface area contributed by atoms with Crippen LogP contribution in [0.25, 0.3) is 0 Å². The standard InChI is InChI=1S/C36H58/c1-31-25-32(2)28-35(27-31)23-21-19-17-15-13-11-9-7-5-6-8-10-12-14-16-18-20-22-24-36-29-33(3)26-34(4)30-36/h25-30H,5-24H2,1-4H3. The van der Waals surface area contributed by atoms with E-state index in [1.165, 1.54) is 162 Å². The van der Waals surface area contributed by atoms with Gasteiger partial charge in [-0.3, -0.25) is 0 Å². The fourth-order valence-electron chi connectivity index (χ4n) is 5.91. The highest BCUT2D eigenvalue weighted by Crippen LogP contribution is 2.17. The van der Waals surface area contributed by atoms with Crippen molar-refractivity contribution in [3.05, 3.63) is 69.8 Å². The van der Waals surface area contributed by atoms with Gasteiger partial charge in [0.05, 0.1) is 0 Å². The Morgan fingerprint density at radius 2 is 0.472 bits per heavy atom. The molecule has 0 saturated carbocycles. The Labute approximate surface area is 225 Å². The summed E-state index contributed by atoms with van der Waals surface area (Å²) in [5.74, 6) is 0. The van der Waals surface area contributed by atoms with E-state index < -0.39 is 0 Å². The van der Waals surface area contributed by atoms with Crippen molar-refractivity contribution in [2.45, 2.75) is 156 Å². The largest absolute Gasteiger partial charge is 0.0564 e. The molecule has 0 heterocycles. The summed E-state index contributed by atoms with van der Waals surface area (Å²) in [7, 11) is 0. The van der Waals surface area contributed by atoms with Crippen LogP contribution < -0.4 is 0 Å². The molecule has 0 spiro atoms. The number of hydrogen-bond acceptors (Lipinski definition) is 0. The van der Waals surface area contributed by atoms with E-state index in [1.807, 2.05) is 0 Å². The number of aryl methyl sites for hydroxylation is 6. The first-order valence-corrected chi connectivity index (χ1v) is 15.7. The van der Waals surface area contributed by atoms with Crippen molar-refractivity contribution in [1.29, 1.82) is 0 Å². The van der Waals surface area contributed by atoms with Gasteiger partial charge in [0.1, 0.15) is 0 Å². The van der Waals surface area contributed by atoms with Gasteiger partial charge in [-0.15, -0.1) is 0 Å². The van der Waals surface area contributed by atoms with Crippen LogP contribution in [-0.4, -0.2) is 0 Å². The number of hydrogen-bond donors (Lipinski definition) is 0. The predicted octanol–water partition coefficient (Wildman–Crippen LogP) is 11.7. The van der Waals surface area contributed by atoms with Crippen LogP contribution in [0.15, 0.2) is 36.4 Å². The van der Waals surface area contributed by atoms with Gasteiger partial charge in [-0.25, -0.2) is 0 Å². The lowest BCUT2D eigenvalue weighted by molar-refractivity contribution is 0.524. The SMILES string of the molecule is Cc1cc(C)cc(CCCCCCCCCCCCCCCCCCCCc2cc(C)cc(C)c2)c1. The molecule has 0 N–H and O–H groups in total. The van der Waals surface area contributed by atoms with Crippen molar-refractivity contribution in [2.75, 3.05) is 0 Å². The van der Waals surface area contributed by atoms with E-state index in [2.05, 4.69) is 64.1 Å². The minimum Gasteiger partial charge on any atom is -0.0564 e. The monoisotopic (exact) mass is 490 g/mol. The Kier molecular flexibility index (Phi) is 16.6. The molecule has 2 aromatic rings. The maximum Gasteiger partial charge on any atom is -0.0279 e. The van der Waals surface area contributed by atoms with Crippen molar-refractivity contribution in [1.82, 2.24) is 0 Å². The van der Waals surface area contributed by atoms with E-state index in [-0.39, 0.29) is 0 Å². The molecule has 0 aliphatic rings. The topological polar surface area (TPSA) is 0 Å². The summed E-state index contributed by atoms with van der Waals surface area (Å²) < 4.78 is 0. The van der Waals surface area contributed by atoms with Crippen LogP contribution in [0.1, 0.15) is 149 Å². The summed E-state index contributed by atoms with van der Waals surface area (Å²) >= 11 is 0. The third-order valence-corrected chi connectivity index (χ3v) is 7.74. The lowest BCUT2D eigenvalue weighted by Gasteiger charge is -2.06. The van der Waals surface area contributed by atoms with E-state index in [4.69, 9.17) is 0 Å². The normalized spacial score (nSPS) is 11.3. The second-order valence-corrected chi connectivity index (χ2v) is 11.9. The molecular weight excluding hydrogens is 432 g/mol. The fraction of sp³-hybridized carbons (Fsp3) is 0.667. The van der Waals surface area contributed by atoms with Gasteiger partial charge in [0, 0.05) is 0 Å². The highest BCUT2D eigenvalue weighted by Gasteiger charge is 1.99. The highest BCUT2D eigenvalue weighted by atomic mass is 14.1. The molecule has 0 amide bonds. The van der Waals surface area contributed by atoms with Crippen LogP contribution in [-0.2, 0) is 12.8 Å². The third-order valence-electron chi connectivity index (χ3n) is 7.74. The molecular formula is C36H58. The van der Waals surface area contributed by atoms with Gasteiger partial charge in [0.15, 0.2) is 0 Å². The smallest absolute Gasteiger partial charge is 0.0279 e. The van der Waals surface area contributed by atoms with Crippen LogP contribution in [0, 0.1) is 27.7 Å². The average Bonchev–Trinajstić information content (AvgIpc) is 2.81. The first-order valence-electron chi connectivity index (χ1n) is 15.7. The van der Waals surface area contributed by atoms with E-state index in [9.17, 15) is 0 Å². The molecule has 2 aromatic carbocycles. The van der Waals surface area contributed by atoms with Crippen LogP contribution in [0.5, 0.6) is 0 Å². The number of rotatable bonds is 21. The van der Waals surface area contributed by atoms with Gasteiger partial charge in [-0.1, -0.05) is 161 Å². The van der Waals surface area contributed by atoms with Crippen LogP contribution in [0.4, 0.5) is 0 Å². The molecule has 0 heteroatoms. The van der Waals surface area contributed by atoms with Crippen molar-refractivity contribution in [3.8, 4) is 0 Å². The Hall–Kier alpha value is -1.56. The maximum absolute atomic E-state index is 2.36. The molecule has 202 valence electrons. The Bertz CT molecular complexity index is 705. The van der Waals surface area contributed by atoms with Crippen LogP contribution in [0.3, 0.4) is 0 Å². The predicted molar refractivity (Wildman–Crippen MR) is 162 cm³/mol. The molecule has 2 rings (SSSR count). The van der Waals surface area contributed by atoms with Crippen molar-refractivity contribution < 1.29 is 0 Å². The summed E-state index contributed by atoms with van der Waals surface area (Å²) in [5.41, 5.74) is 8.72. The van der Waals surface area contributed by atoms with Crippen molar-refractivity contribution >= 4 is 0 Å². The molecule has 0 aliphatic heterocycles. The van der Waals surface area contributed by atoms with Crippen LogP contribution in [0.2, 0.25) is 0 Å². The number of unbranched alkanes of at least 4 members (excludes halogenated alkanes) is 17. The summed E-state index contributed by atoms with van der Waals surface area (Å²) in [6.45, 7) is 8.87. The minimum absolute atomic E-state index is 1.26. The Morgan fingerprint density at radius 1 is 0.278 bits per heavy atom. The Morgan fingerprint density at radius 3 is 0.694 bits per heavy atom. The quantitative estimate of drug-likeness (QED) is 0.153. The van der Waals surface area contributed by atoms with Crippen LogP contribution >= 0.6 is 0 Å². The first-order chi connectivity index (χ1) is 17.5. The lowest BCUT2D eigenvalue weighted by atomic mass is 10.0. The van der Waals surface area contributed by atoms with Gasteiger partial charge < -0.3 is 0 Å². The first kappa shape index (κ1) is 30.7. The summed E-state index contributed by atoms with van der Waals surface area (Å²) in [6.07, 6.45) is 28.4. The maximum atomic E-state index is 2.36. The molecule has 0 aromatic heterocycles. The Balaban J connectivity index is 1.26. The van der Waals surface area contributed by atoms with Gasteiger partial charge in [0.25, 0.3) is 0 Å². The molecule has 0 radical (unpaired) electrons. The summed E-state index contributed by atoms with van der Waals surface area (Å²) in [4.78, 5) is 0. The summed E-state index contributed by atoms with van der Waals surface area (Å²) in [5, 5.41) is 0. The molecule has 0 atom stereocenters. The molecule has 0 saturated heterocycles. The molecule has 0 aliphatic carbocycles. The van der Waals surface area contributed by atoms with Gasteiger partial charge in [0.2, 0.25) is 0 Å². The molecule has 0 unspecified atom stereocenters. The van der Waals surface area contributed by atoms with Gasteiger partial charge in [-0.05, 0) is 64.5 Å². The zero-order chi connectivity index (χ0) is 25.8. The summed E-state index contributed by atoms with van der Waals surface area (Å²) in [6, 6.07) is 14.0. The second kappa shape index (κ2) is 19.5. The zero-order valence-electron chi connectivity index (χ0n) is 24.6. The average molecular weight is 491 g/mol. The molecule has 36 heavy (non-hydrogen) atoms. The van der Waals surface area contributed by atoms with E-state index in [1.54, 1.807) is 0 Å². The van der Waals surface area contributed by atoms with E-state index in [0.717, 1.165) is 0 Å².